The Morgan fingerprint density at radius 2 is 1.90 bits per heavy atom. The van der Waals surface area contributed by atoms with Crippen LogP contribution in [0.3, 0.4) is 0 Å². The Morgan fingerprint density at radius 1 is 1.29 bits per heavy atom. The summed E-state index contributed by atoms with van der Waals surface area (Å²) in [6.07, 6.45) is 7.86. The lowest BCUT2D eigenvalue weighted by Crippen LogP contribution is -2.76. The third kappa shape index (κ3) is 2.09. The number of hydrogen-bond donors (Lipinski definition) is 1. The Hall–Kier alpha value is -1.06. The summed E-state index contributed by atoms with van der Waals surface area (Å²) in [5.41, 5.74) is -1.22. The lowest BCUT2D eigenvalue weighted by Gasteiger charge is -2.53. The number of amides is 2. The molecule has 0 radical (unpaired) electrons. The molecule has 4 nitrogen and oxygen atoms in total. The minimum absolute atomic E-state index is 0.0921. The van der Waals surface area contributed by atoms with Crippen molar-refractivity contribution in [3.8, 4) is 0 Å². The summed E-state index contributed by atoms with van der Waals surface area (Å²) < 4.78 is 0. The third-order valence-corrected chi connectivity index (χ3v) is 5.92. The second-order valence-corrected chi connectivity index (χ2v) is 7.48. The molecule has 2 unspecified atom stereocenters. The lowest BCUT2D eigenvalue weighted by atomic mass is 9.80. The highest BCUT2D eigenvalue weighted by molar-refractivity contribution is 6.02. The highest BCUT2D eigenvalue weighted by atomic mass is 16.2. The van der Waals surface area contributed by atoms with Crippen LogP contribution in [0.5, 0.6) is 0 Å². The molecule has 1 N–H and O–H groups in total. The van der Waals surface area contributed by atoms with Gasteiger partial charge in [-0.3, -0.25) is 9.59 Å². The van der Waals surface area contributed by atoms with Gasteiger partial charge < -0.3 is 10.2 Å². The molecular formula is C17H28N2O2. The highest BCUT2D eigenvalue weighted by Gasteiger charge is 2.62. The fourth-order valence-corrected chi connectivity index (χ4v) is 4.50. The maximum atomic E-state index is 13.3. The number of piperazine rings is 1. The molecule has 1 spiro atoms. The van der Waals surface area contributed by atoms with Crippen molar-refractivity contribution in [2.45, 2.75) is 89.3 Å². The van der Waals surface area contributed by atoms with Crippen molar-refractivity contribution in [1.82, 2.24) is 10.2 Å². The number of rotatable bonds is 4. The molecule has 3 aliphatic rings. The van der Waals surface area contributed by atoms with Crippen LogP contribution in [-0.2, 0) is 9.59 Å². The number of nitrogens with one attached hydrogen (secondary N) is 1. The van der Waals surface area contributed by atoms with Crippen LogP contribution in [0.15, 0.2) is 0 Å². The molecule has 118 valence electrons. The number of carbonyl (C=O) groups excluding carboxylic acids is 2. The van der Waals surface area contributed by atoms with Crippen molar-refractivity contribution in [2.75, 3.05) is 0 Å². The van der Waals surface area contributed by atoms with Crippen LogP contribution in [-0.4, -0.2) is 33.8 Å². The van der Waals surface area contributed by atoms with Crippen LogP contribution >= 0.6 is 0 Å². The van der Waals surface area contributed by atoms with Gasteiger partial charge in [-0.05, 0) is 51.9 Å². The van der Waals surface area contributed by atoms with Crippen LogP contribution in [0.25, 0.3) is 0 Å². The zero-order chi connectivity index (χ0) is 15.3. The molecule has 1 aliphatic heterocycles. The first-order valence-corrected chi connectivity index (χ1v) is 8.62. The summed E-state index contributed by atoms with van der Waals surface area (Å²) in [5, 5.41) is 3.15. The standard InChI is InChI=1S/C17H28N2O2/c1-4-7-12(2)19-15(21)17(10-5-6-11-17)18-14(20)16(19,3)13-8-9-13/h12-13H,4-11H2,1-3H3,(H,18,20). The predicted molar refractivity (Wildman–Crippen MR) is 81.7 cm³/mol. The van der Waals surface area contributed by atoms with E-state index in [0.717, 1.165) is 51.4 Å². The van der Waals surface area contributed by atoms with E-state index in [0.29, 0.717) is 5.92 Å². The minimum atomic E-state index is -0.625. The number of hydrogen-bond acceptors (Lipinski definition) is 2. The average Bonchev–Trinajstić information content (AvgIpc) is 3.19. The maximum absolute atomic E-state index is 13.3. The van der Waals surface area contributed by atoms with Crippen molar-refractivity contribution in [2.24, 2.45) is 5.92 Å². The summed E-state index contributed by atoms with van der Waals surface area (Å²) in [4.78, 5) is 28.2. The van der Waals surface area contributed by atoms with Crippen LogP contribution in [0.1, 0.15) is 72.1 Å². The zero-order valence-corrected chi connectivity index (χ0v) is 13.6. The second-order valence-electron chi connectivity index (χ2n) is 7.48. The maximum Gasteiger partial charge on any atom is 0.249 e. The third-order valence-electron chi connectivity index (χ3n) is 5.92. The summed E-state index contributed by atoms with van der Waals surface area (Å²) in [7, 11) is 0. The Labute approximate surface area is 127 Å². The van der Waals surface area contributed by atoms with E-state index in [9.17, 15) is 9.59 Å². The Morgan fingerprint density at radius 3 is 2.43 bits per heavy atom. The quantitative estimate of drug-likeness (QED) is 0.866. The van der Waals surface area contributed by atoms with Crippen LogP contribution in [0.4, 0.5) is 0 Å². The van der Waals surface area contributed by atoms with Gasteiger partial charge in [-0.1, -0.05) is 26.2 Å². The van der Waals surface area contributed by atoms with E-state index in [1.54, 1.807) is 0 Å². The summed E-state index contributed by atoms with van der Waals surface area (Å²) >= 11 is 0. The molecule has 0 aromatic carbocycles. The first-order chi connectivity index (χ1) is 9.95. The monoisotopic (exact) mass is 292 g/mol. The van der Waals surface area contributed by atoms with Gasteiger partial charge in [0.15, 0.2) is 0 Å². The van der Waals surface area contributed by atoms with Crippen molar-refractivity contribution in [3.05, 3.63) is 0 Å². The van der Waals surface area contributed by atoms with Crippen molar-refractivity contribution < 1.29 is 9.59 Å². The van der Waals surface area contributed by atoms with Gasteiger partial charge in [0.25, 0.3) is 0 Å². The Bertz CT molecular complexity index is 452. The molecule has 2 aliphatic carbocycles. The average molecular weight is 292 g/mol. The molecule has 0 bridgehead atoms. The van der Waals surface area contributed by atoms with Gasteiger partial charge in [0.2, 0.25) is 11.8 Å². The fourth-order valence-electron chi connectivity index (χ4n) is 4.50. The zero-order valence-electron chi connectivity index (χ0n) is 13.6. The van der Waals surface area contributed by atoms with Gasteiger partial charge >= 0.3 is 0 Å². The van der Waals surface area contributed by atoms with Crippen molar-refractivity contribution in [1.29, 1.82) is 0 Å². The van der Waals surface area contributed by atoms with Gasteiger partial charge in [0, 0.05) is 6.04 Å². The summed E-state index contributed by atoms with van der Waals surface area (Å²) in [5.74, 6) is 0.629. The van der Waals surface area contributed by atoms with E-state index < -0.39 is 11.1 Å². The normalized spacial score (nSPS) is 33.4. The van der Waals surface area contributed by atoms with E-state index in [4.69, 9.17) is 0 Å². The number of nitrogens with zero attached hydrogens (tertiary/aromatic N) is 1. The van der Waals surface area contributed by atoms with Crippen molar-refractivity contribution in [3.63, 3.8) is 0 Å². The highest BCUT2D eigenvalue weighted by Crippen LogP contribution is 2.48. The first kappa shape index (κ1) is 14.9. The molecule has 1 saturated heterocycles. The molecule has 3 rings (SSSR count). The molecule has 1 heterocycles. The largest absolute Gasteiger partial charge is 0.340 e. The van der Waals surface area contributed by atoms with E-state index in [-0.39, 0.29) is 17.9 Å². The van der Waals surface area contributed by atoms with Gasteiger partial charge in [-0.15, -0.1) is 0 Å². The fraction of sp³-hybridized carbons (Fsp3) is 0.882. The summed E-state index contributed by atoms with van der Waals surface area (Å²) in [6, 6.07) is 0.150. The molecule has 0 aromatic heterocycles. The Kier molecular flexibility index (Phi) is 3.53. The van der Waals surface area contributed by atoms with E-state index in [1.165, 1.54) is 0 Å². The van der Waals surface area contributed by atoms with Crippen molar-refractivity contribution >= 4 is 11.8 Å². The van der Waals surface area contributed by atoms with Gasteiger partial charge in [0.05, 0.1) is 0 Å². The molecule has 3 fully saturated rings. The summed E-state index contributed by atoms with van der Waals surface area (Å²) in [6.45, 7) is 6.25. The van der Waals surface area contributed by atoms with Crippen LogP contribution < -0.4 is 5.32 Å². The smallest absolute Gasteiger partial charge is 0.249 e. The van der Waals surface area contributed by atoms with E-state index >= 15 is 0 Å². The van der Waals surface area contributed by atoms with Crippen LogP contribution in [0.2, 0.25) is 0 Å². The molecule has 4 heteroatoms. The predicted octanol–water partition coefficient (Wildman–Crippen LogP) is 2.61. The second kappa shape index (κ2) is 4.99. The molecule has 2 saturated carbocycles. The first-order valence-electron chi connectivity index (χ1n) is 8.62. The molecular weight excluding hydrogens is 264 g/mol. The molecule has 2 atom stereocenters. The molecule has 0 aromatic rings. The molecule has 2 amide bonds. The topological polar surface area (TPSA) is 49.4 Å². The van der Waals surface area contributed by atoms with Gasteiger partial charge in [-0.2, -0.15) is 0 Å². The Balaban J connectivity index is 1.98. The van der Waals surface area contributed by atoms with Gasteiger partial charge in [-0.25, -0.2) is 0 Å². The van der Waals surface area contributed by atoms with E-state index in [1.807, 2.05) is 11.8 Å². The lowest BCUT2D eigenvalue weighted by molar-refractivity contribution is -0.167. The van der Waals surface area contributed by atoms with Gasteiger partial charge in [0.1, 0.15) is 11.1 Å². The van der Waals surface area contributed by atoms with Crippen LogP contribution in [0, 0.1) is 5.92 Å². The SMILES string of the molecule is CCCC(C)N1C(=O)C2(CCCC2)NC(=O)C1(C)C1CC1. The number of carbonyl (C=O) groups is 2. The minimum Gasteiger partial charge on any atom is -0.340 e. The molecule has 21 heavy (non-hydrogen) atoms. The van der Waals surface area contributed by atoms with E-state index in [2.05, 4.69) is 19.2 Å².